The fourth-order valence-electron chi connectivity index (χ4n) is 5.64. The molecule has 8 nitrogen and oxygen atoms in total. The summed E-state index contributed by atoms with van der Waals surface area (Å²) in [5.41, 5.74) is 4.06. The Morgan fingerprint density at radius 2 is 1.41 bits per heavy atom. The van der Waals surface area contributed by atoms with Crippen molar-refractivity contribution in [1.82, 2.24) is 19.2 Å². The second kappa shape index (κ2) is 10.7. The number of piperazine rings is 1. The van der Waals surface area contributed by atoms with Gasteiger partial charge in [-0.15, -0.1) is 0 Å². The maximum atomic E-state index is 13.3. The van der Waals surface area contributed by atoms with E-state index in [0.717, 1.165) is 40.8 Å². The third-order valence-electron chi connectivity index (χ3n) is 7.87. The van der Waals surface area contributed by atoms with Crippen molar-refractivity contribution in [3.05, 3.63) is 85.3 Å². The van der Waals surface area contributed by atoms with Crippen molar-refractivity contribution in [2.45, 2.75) is 17.7 Å². The highest BCUT2D eigenvalue weighted by atomic mass is 32.2. The smallest absolute Gasteiger partial charge is 0.243 e. The van der Waals surface area contributed by atoms with E-state index in [1.807, 2.05) is 59.6 Å². The first-order valence-corrected chi connectivity index (χ1v) is 14.8. The van der Waals surface area contributed by atoms with Crippen LogP contribution >= 0.6 is 0 Å². The number of nitrogens with zero attached hydrogens (tertiary/aromatic N) is 5. The van der Waals surface area contributed by atoms with Gasteiger partial charge in [0.1, 0.15) is 0 Å². The van der Waals surface area contributed by atoms with E-state index in [-0.39, 0.29) is 16.7 Å². The molecule has 9 heteroatoms. The first-order chi connectivity index (χ1) is 19.0. The van der Waals surface area contributed by atoms with Gasteiger partial charge >= 0.3 is 0 Å². The minimum atomic E-state index is -3.61. The third-order valence-corrected chi connectivity index (χ3v) is 9.78. The van der Waals surface area contributed by atoms with Gasteiger partial charge in [0.05, 0.1) is 10.4 Å². The van der Waals surface area contributed by atoms with Gasteiger partial charge in [0.25, 0.3) is 0 Å². The number of fused-ring (bicyclic) bond motifs is 1. The van der Waals surface area contributed by atoms with Gasteiger partial charge in [0.15, 0.2) is 0 Å². The van der Waals surface area contributed by atoms with Crippen molar-refractivity contribution in [2.75, 3.05) is 44.2 Å². The number of carbonyl (C=O) groups is 1. The Morgan fingerprint density at radius 3 is 2.13 bits per heavy atom. The lowest BCUT2D eigenvalue weighted by Gasteiger charge is -2.39. The Morgan fingerprint density at radius 1 is 0.744 bits per heavy atom. The number of amides is 1. The molecule has 0 N–H and O–H groups in total. The zero-order chi connectivity index (χ0) is 26.8. The largest absolute Gasteiger partial charge is 0.367 e. The molecule has 0 saturated carbocycles. The molecule has 0 atom stereocenters. The highest BCUT2D eigenvalue weighted by Crippen LogP contribution is 2.29. The van der Waals surface area contributed by atoms with E-state index < -0.39 is 10.0 Å². The van der Waals surface area contributed by atoms with E-state index in [1.165, 1.54) is 4.31 Å². The van der Waals surface area contributed by atoms with Crippen LogP contribution in [0.15, 0.2) is 90.2 Å². The number of hydrogen-bond acceptors (Lipinski definition) is 6. The average molecular weight is 542 g/mol. The molecule has 2 aromatic heterocycles. The number of piperidine rings is 1. The van der Waals surface area contributed by atoms with Crippen molar-refractivity contribution in [3.63, 3.8) is 0 Å². The van der Waals surface area contributed by atoms with Gasteiger partial charge in [-0.3, -0.25) is 14.8 Å². The van der Waals surface area contributed by atoms with Crippen LogP contribution in [0.3, 0.4) is 0 Å². The summed E-state index contributed by atoms with van der Waals surface area (Å²) >= 11 is 0. The first-order valence-electron chi connectivity index (χ1n) is 13.4. The predicted octanol–water partition coefficient (Wildman–Crippen LogP) is 4.05. The Kier molecular flexibility index (Phi) is 7.01. The summed E-state index contributed by atoms with van der Waals surface area (Å²) in [6.45, 7) is 3.57. The molecule has 4 aromatic rings. The molecular formula is C30H31N5O3S. The summed E-state index contributed by atoms with van der Waals surface area (Å²) in [4.78, 5) is 26.4. The SMILES string of the molecule is O=C(C1CCN(S(=O)(=O)c2ccc(-c3ccncc3)cc2)CC1)N1CCN(c2ccnc3ccccc23)CC1. The molecule has 2 aliphatic rings. The van der Waals surface area contributed by atoms with Crippen LogP contribution in [0.2, 0.25) is 0 Å². The summed E-state index contributed by atoms with van der Waals surface area (Å²) in [7, 11) is -3.61. The number of anilines is 1. The second-order valence-corrected chi connectivity index (χ2v) is 12.0. The standard InChI is InChI=1S/C30H31N5O3S/c36-30(34-21-19-33(20-22-34)29-11-16-32-28-4-2-1-3-27(28)29)25-12-17-35(18-13-25)39(37,38)26-7-5-23(6-8-26)24-9-14-31-15-10-24/h1-11,14-16,25H,12-13,17-22H2. The molecule has 0 unspecified atom stereocenters. The number of pyridine rings is 2. The average Bonchev–Trinajstić information content (AvgIpc) is 3.01. The molecule has 200 valence electrons. The highest BCUT2D eigenvalue weighted by molar-refractivity contribution is 7.89. The topological polar surface area (TPSA) is 86.7 Å². The fraction of sp³-hybridized carbons (Fsp3) is 0.300. The van der Waals surface area contributed by atoms with E-state index in [2.05, 4.69) is 20.9 Å². The van der Waals surface area contributed by atoms with Crippen molar-refractivity contribution in [2.24, 2.45) is 5.92 Å². The molecule has 2 aliphatic heterocycles. The molecule has 2 fully saturated rings. The monoisotopic (exact) mass is 541 g/mol. The Bertz CT molecular complexity index is 1560. The highest BCUT2D eigenvalue weighted by Gasteiger charge is 2.34. The Balaban J connectivity index is 1.05. The van der Waals surface area contributed by atoms with E-state index in [9.17, 15) is 13.2 Å². The lowest BCUT2D eigenvalue weighted by Crippen LogP contribution is -2.52. The number of para-hydroxylation sites is 1. The summed E-state index contributed by atoms with van der Waals surface area (Å²) in [5, 5.41) is 1.13. The minimum Gasteiger partial charge on any atom is -0.367 e. The first kappa shape index (κ1) is 25.5. The zero-order valence-electron chi connectivity index (χ0n) is 21.7. The number of aromatic nitrogens is 2. The lowest BCUT2D eigenvalue weighted by molar-refractivity contribution is -0.137. The molecule has 0 bridgehead atoms. The van der Waals surface area contributed by atoms with Gasteiger partial charge < -0.3 is 9.80 Å². The maximum Gasteiger partial charge on any atom is 0.243 e. The predicted molar refractivity (Wildman–Crippen MR) is 152 cm³/mol. The summed E-state index contributed by atoms with van der Waals surface area (Å²) in [6, 6.07) is 20.9. The molecule has 2 saturated heterocycles. The number of hydrogen-bond donors (Lipinski definition) is 0. The molecular weight excluding hydrogens is 510 g/mol. The van der Waals surface area contributed by atoms with Crippen LogP contribution in [0.5, 0.6) is 0 Å². The van der Waals surface area contributed by atoms with Gasteiger partial charge in [0, 0.05) is 74.9 Å². The van der Waals surface area contributed by atoms with Crippen molar-refractivity contribution >= 4 is 32.5 Å². The molecule has 6 rings (SSSR count). The zero-order valence-corrected chi connectivity index (χ0v) is 22.5. The van der Waals surface area contributed by atoms with Crippen molar-refractivity contribution in [3.8, 4) is 11.1 Å². The normalized spacial score (nSPS) is 17.4. The van der Waals surface area contributed by atoms with Crippen LogP contribution < -0.4 is 4.90 Å². The van der Waals surface area contributed by atoms with Crippen molar-refractivity contribution < 1.29 is 13.2 Å². The molecule has 0 radical (unpaired) electrons. The van der Waals surface area contributed by atoms with E-state index >= 15 is 0 Å². The molecule has 1 amide bonds. The number of sulfonamides is 1. The number of benzene rings is 2. The minimum absolute atomic E-state index is 0.140. The summed E-state index contributed by atoms with van der Waals surface area (Å²) < 4.78 is 28.1. The van der Waals surface area contributed by atoms with Gasteiger partial charge in [0.2, 0.25) is 15.9 Å². The quantitative estimate of drug-likeness (QED) is 0.379. The number of carbonyl (C=O) groups excluding carboxylic acids is 1. The van der Waals surface area contributed by atoms with Crippen LogP contribution in [0.4, 0.5) is 5.69 Å². The second-order valence-electron chi connectivity index (χ2n) is 10.1. The van der Waals surface area contributed by atoms with Crippen molar-refractivity contribution in [1.29, 1.82) is 0 Å². The number of rotatable bonds is 5. The molecule has 4 heterocycles. The van der Waals surface area contributed by atoms with Gasteiger partial charge in [-0.25, -0.2) is 8.42 Å². The Hall–Kier alpha value is -3.82. The van der Waals surface area contributed by atoms with E-state index in [4.69, 9.17) is 0 Å². The Labute approximate surface area is 229 Å². The van der Waals surface area contributed by atoms with Gasteiger partial charge in [-0.1, -0.05) is 30.3 Å². The third kappa shape index (κ3) is 5.12. The van der Waals surface area contributed by atoms with Crippen LogP contribution in [0.1, 0.15) is 12.8 Å². The van der Waals surface area contributed by atoms with Gasteiger partial charge in [-0.2, -0.15) is 4.31 Å². The molecule has 2 aromatic carbocycles. The van der Waals surface area contributed by atoms with E-state index in [1.54, 1.807) is 24.5 Å². The van der Waals surface area contributed by atoms with Crippen LogP contribution in [0.25, 0.3) is 22.0 Å². The summed E-state index contributed by atoms with van der Waals surface area (Å²) in [6.07, 6.45) is 6.36. The van der Waals surface area contributed by atoms with E-state index in [0.29, 0.717) is 39.0 Å². The molecule has 0 aliphatic carbocycles. The van der Waals surface area contributed by atoms with Crippen LogP contribution in [0, 0.1) is 5.92 Å². The summed E-state index contributed by atoms with van der Waals surface area (Å²) in [5.74, 6) is 0.00631. The lowest BCUT2D eigenvalue weighted by atomic mass is 9.96. The maximum absolute atomic E-state index is 13.3. The molecule has 0 spiro atoms. The van der Waals surface area contributed by atoms with Crippen LogP contribution in [-0.4, -0.2) is 72.8 Å². The van der Waals surface area contributed by atoms with Crippen LogP contribution in [-0.2, 0) is 14.8 Å². The fourth-order valence-corrected chi connectivity index (χ4v) is 7.11. The molecule has 39 heavy (non-hydrogen) atoms. The van der Waals surface area contributed by atoms with Gasteiger partial charge in [-0.05, 0) is 60.4 Å².